The van der Waals surface area contributed by atoms with E-state index in [0.717, 1.165) is 24.3 Å². The lowest BCUT2D eigenvalue weighted by molar-refractivity contribution is 0.0993. The highest BCUT2D eigenvalue weighted by Crippen LogP contribution is 2.17. The van der Waals surface area contributed by atoms with E-state index in [1.807, 2.05) is 31.2 Å². The summed E-state index contributed by atoms with van der Waals surface area (Å²) in [6, 6.07) is 7.33. The Morgan fingerprint density at radius 3 is 2.33 bits per heavy atom. The van der Waals surface area contributed by atoms with Gasteiger partial charge in [-0.1, -0.05) is 13.3 Å². The van der Waals surface area contributed by atoms with E-state index in [-0.39, 0.29) is 6.10 Å². The molecule has 0 amide bonds. The van der Waals surface area contributed by atoms with Crippen LogP contribution >= 0.6 is 0 Å². The van der Waals surface area contributed by atoms with E-state index in [2.05, 4.69) is 0 Å². The molecule has 1 aromatic rings. The molecule has 1 atom stereocenters. The molecule has 0 aliphatic carbocycles. The highest BCUT2D eigenvalue weighted by molar-refractivity contribution is 5.31. The maximum Gasteiger partial charge on any atom is 0.119 e. The molecule has 84 valence electrons. The van der Waals surface area contributed by atoms with E-state index in [9.17, 15) is 5.11 Å². The van der Waals surface area contributed by atoms with Crippen LogP contribution in [0.3, 0.4) is 0 Å². The minimum atomic E-state index is -0.378. The van der Waals surface area contributed by atoms with Crippen LogP contribution in [-0.2, 0) is 0 Å². The Labute approximate surface area is 90.6 Å². The molecule has 0 spiro atoms. The number of methoxy groups -OCH3 is 1. The first-order valence-electron chi connectivity index (χ1n) is 5.21. The third-order valence-electron chi connectivity index (χ3n) is 2.12. The standard InChI is InChI=1S/C12H18O3/c1-3-4-10(13)9-15-12-7-5-11(14-2)6-8-12/h5-8,10,13H,3-4,9H2,1-2H3. The van der Waals surface area contributed by atoms with Crippen LogP contribution in [0.4, 0.5) is 0 Å². The fourth-order valence-electron chi connectivity index (χ4n) is 1.28. The van der Waals surface area contributed by atoms with Gasteiger partial charge in [0.2, 0.25) is 0 Å². The van der Waals surface area contributed by atoms with Gasteiger partial charge in [0.1, 0.15) is 18.1 Å². The second-order valence-corrected chi connectivity index (χ2v) is 3.43. The molecule has 0 fully saturated rings. The third kappa shape index (κ3) is 4.21. The quantitative estimate of drug-likeness (QED) is 0.782. The summed E-state index contributed by atoms with van der Waals surface area (Å²) in [5, 5.41) is 9.46. The zero-order valence-electron chi connectivity index (χ0n) is 9.27. The molecule has 15 heavy (non-hydrogen) atoms. The molecule has 0 saturated heterocycles. The number of aliphatic hydroxyl groups is 1. The van der Waals surface area contributed by atoms with Gasteiger partial charge < -0.3 is 14.6 Å². The molecule has 0 radical (unpaired) electrons. The molecule has 1 rings (SSSR count). The van der Waals surface area contributed by atoms with Crippen molar-refractivity contribution in [2.24, 2.45) is 0 Å². The van der Waals surface area contributed by atoms with Crippen LogP contribution in [0.25, 0.3) is 0 Å². The molecule has 3 nitrogen and oxygen atoms in total. The number of aliphatic hydroxyl groups excluding tert-OH is 1. The zero-order chi connectivity index (χ0) is 11.1. The van der Waals surface area contributed by atoms with E-state index in [1.165, 1.54) is 0 Å². The number of rotatable bonds is 6. The molecule has 0 heterocycles. The molecule has 1 N–H and O–H groups in total. The first-order chi connectivity index (χ1) is 7.26. The maximum absolute atomic E-state index is 9.46. The van der Waals surface area contributed by atoms with Crippen LogP contribution in [0, 0.1) is 0 Å². The lowest BCUT2D eigenvalue weighted by atomic mass is 10.2. The Morgan fingerprint density at radius 2 is 1.80 bits per heavy atom. The van der Waals surface area contributed by atoms with Crippen molar-refractivity contribution in [2.45, 2.75) is 25.9 Å². The summed E-state index contributed by atoms with van der Waals surface area (Å²) in [4.78, 5) is 0. The van der Waals surface area contributed by atoms with Crippen molar-refractivity contribution < 1.29 is 14.6 Å². The van der Waals surface area contributed by atoms with Gasteiger partial charge in [0, 0.05) is 0 Å². The van der Waals surface area contributed by atoms with Gasteiger partial charge in [-0.25, -0.2) is 0 Å². The van der Waals surface area contributed by atoms with Gasteiger partial charge in [0.25, 0.3) is 0 Å². The number of hydrogen-bond donors (Lipinski definition) is 1. The molecule has 0 aliphatic heterocycles. The van der Waals surface area contributed by atoms with E-state index in [0.29, 0.717) is 6.61 Å². The predicted molar refractivity (Wildman–Crippen MR) is 59.4 cm³/mol. The Bertz CT molecular complexity index is 269. The van der Waals surface area contributed by atoms with Crippen LogP contribution in [0.1, 0.15) is 19.8 Å². The van der Waals surface area contributed by atoms with Crippen LogP contribution in [0.15, 0.2) is 24.3 Å². The summed E-state index contributed by atoms with van der Waals surface area (Å²) in [6.45, 7) is 2.39. The van der Waals surface area contributed by atoms with Gasteiger partial charge in [-0.15, -0.1) is 0 Å². The SMILES string of the molecule is CCCC(O)COc1ccc(OC)cc1. The highest BCUT2D eigenvalue weighted by atomic mass is 16.5. The summed E-state index contributed by atoms with van der Waals surface area (Å²) >= 11 is 0. The lowest BCUT2D eigenvalue weighted by Crippen LogP contribution is -2.16. The maximum atomic E-state index is 9.46. The molecule has 1 aromatic carbocycles. The van der Waals surface area contributed by atoms with Crippen molar-refractivity contribution in [2.75, 3.05) is 13.7 Å². The largest absolute Gasteiger partial charge is 0.497 e. The minimum Gasteiger partial charge on any atom is -0.497 e. The van der Waals surface area contributed by atoms with Crippen LogP contribution in [-0.4, -0.2) is 24.9 Å². The summed E-state index contributed by atoms with van der Waals surface area (Å²) in [6.07, 6.45) is 1.36. The van der Waals surface area contributed by atoms with Gasteiger partial charge in [-0.2, -0.15) is 0 Å². The molecule has 0 aromatic heterocycles. The van der Waals surface area contributed by atoms with E-state index < -0.39 is 0 Å². The molecular weight excluding hydrogens is 192 g/mol. The molecule has 0 aliphatic rings. The minimum absolute atomic E-state index is 0.347. The normalized spacial score (nSPS) is 12.2. The second kappa shape index (κ2) is 6.30. The summed E-state index contributed by atoms with van der Waals surface area (Å²) in [5.74, 6) is 1.56. The average Bonchev–Trinajstić information content (AvgIpc) is 2.27. The van der Waals surface area contributed by atoms with Gasteiger partial charge >= 0.3 is 0 Å². The monoisotopic (exact) mass is 210 g/mol. The van der Waals surface area contributed by atoms with Crippen molar-refractivity contribution >= 4 is 0 Å². The predicted octanol–water partition coefficient (Wildman–Crippen LogP) is 2.24. The van der Waals surface area contributed by atoms with Crippen molar-refractivity contribution in [3.8, 4) is 11.5 Å². The molecule has 1 unspecified atom stereocenters. The Hall–Kier alpha value is -1.22. The van der Waals surface area contributed by atoms with E-state index >= 15 is 0 Å². The first-order valence-corrected chi connectivity index (χ1v) is 5.21. The van der Waals surface area contributed by atoms with Crippen LogP contribution in [0.2, 0.25) is 0 Å². The molecule has 0 saturated carbocycles. The van der Waals surface area contributed by atoms with Crippen molar-refractivity contribution in [1.82, 2.24) is 0 Å². The Balaban J connectivity index is 2.37. The lowest BCUT2D eigenvalue weighted by Gasteiger charge is -2.11. The van der Waals surface area contributed by atoms with Gasteiger partial charge in [-0.3, -0.25) is 0 Å². The Morgan fingerprint density at radius 1 is 1.20 bits per heavy atom. The molecule has 3 heteroatoms. The summed E-state index contributed by atoms with van der Waals surface area (Å²) < 4.78 is 10.4. The number of ether oxygens (including phenoxy) is 2. The third-order valence-corrected chi connectivity index (χ3v) is 2.12. The number of hydrogen-bond acceptors (Lipinski definition) is 3. The van der Waals surface area contributed by atoms with Crippen LogP contribution in [0.5, 0.6) is 11.5 Å². The van der Waals surface area contributed by atoms with Crippen molar-refractivity contribution in [1.29, 1.82) is 0 Å². The first kappa shape index (κ1) is 11.9. The fraction of sp³-hybridized carbons (Fsp3) is 0.500. The van der Waals surface area contributed by atoms with Gasteiger partial charge in [0.05, 0.1) is 13.2 Å². The zero-order valence-corrected chi connectivity index (χ0v) is 9.27. The van der Waals surface area contributed by atoms with Crippen molar-refractivity contribution in [3.63, 3.8) is 0 Å². The molecular formula is C12H18O3. The topological polar surface area (TPSA) is 38.7 Å². The van der Waals surface area contributed by atoms with Crippen LogP contribution < -0.4 is 9.47 Å². The van der Waals surface area contributed by atoms with Crippen molar-refractivity contribution in [3.05, 3.63) is 24.3 Å². The summed E-state index contributed by atoms with van der Waals surface area (Å²) in [7, 11) is 1.63. The van der Waals surface area contributed by atoms with Gasteiger partial charge in [-0.05, 0) is 30.7 Å². The smallest absolute Gasteiger partial charge is 0.119 e. The van der Waals surface area contributed by atoms with E-state index in [1.54, 1.807) is 7.11 Å². The summed E-state index contributed by atoms with van der Waals surface area (Å²) in [5.41, 5.74) is 0. The van der Waals surface area contributed by atoms with Gasteiger partial charge in [0.15, 0.2) is 0 Å². The molecule has 0 bridgehead atoms. The van der Waals surface area contributed by atoms with E-state index in [4.69, 9.17) is 9.47 Å². The average molecular weight is 210 g/mol. The Kier molecular flexibility index (Phi) is 4.98. The fourth-order valence-corrected chi connectivity index (χ4v) is 1.28. The second-order valence-electron chi connectivity index (χ2n) is 3.43. The number of benzene rings is 1. The highest BCUT2D eigenvalue weighted by Gasteiger charge is 2.03.